The van der Waals surface area contributed by atoms with Gasteiger partial charge in [-0.25, -0.2) is 0 Å². The summed E-state index contributed by atoms with van der Waals surface area (Å²) in [5.74, 6) is 2.76. The first-order valence-electron chi connectivity index (χ1n) is 15.5. The van der Waals surface area contributed by atoms with Gasteiger partial charge in [-0.05, 0) is 64.1 Å². The molecule has 0 N–H and O–H groups in total. The van der Waals surface area contributed by atoms with E-state index in [9.17, 15) is 0 Å². The summed E-state index contributed by atoms with van der Waals surface area (Å²) in [5.41, 5.74) is 8.32. The van der Waals surface area contributed by atoms with Crippen molar-refractivity contribution >= 4 is 28.4 Å². The molecule has 0 spiro atoms. The van der Waals surface area contributed by atoms with Crippen LogP contribution in [0.2, 0.25) is 0 Å². The van der Waals surface area contributed by atoms with Crippen LogP contribution in [0.25, 0.3) is 0 Å². The van der Waals surface area contributed by atoms with Crippen LogP contribution in [-0.4, -0.2) is 54.6 Å². The number of rotatable bonds is 12. The Kier molecular flexibility index (Phi) is 9.43. The van der Waals surface area contributed by atoms with E-state index in [0.29, 0.717) is 0 Å². The number of ether oxygens (including phenoxy) is 4. The number of anilines is 5. The molecule has 4 aromatic rings. The molecule has 5 rings (SSSR count). The number of benzene rings is 4. The fraction of sp³-hybridized carbons (Fsp3) is 0.351. The molecule has 7 nitrogen and oxygen atoms in total. The summed E-state index contributed by atoms with van der Waals surface area (Å²) in [6.07, 6.45) is 0. The van der Waals surface area contributed by atoms with Crippen molar-refractivity contribution in [1.82, 2.24) is 0 Å². The average molecular weight is 596 g/mol. The molecule has 1 heterocycles. The van der Waals surface area contributed by atoms with E-state index in [1.54, 1.807) is 28.4 Å². The van der Waals surface area contributed by atoms with Gasteiger partial charge in [-0.1, -0.05) is 24.3 Å². The Balaban J connectivity index is 1.99. The van der Waals surface area contributed by atoms with Crippen molar-refractivity contribution in [3.8, 4) is 23.0 Å². The highest BCUT2D eigenvalue weighted by molar-refractivity contribution is 5.92. The summed E-state index contributed by atoms with van der Waals surface area (Å²) in [4.78, 5) is 7.06. The van der Waals surface area contributed by atoms with Gasteiger partial charge in [-0.2, -0.15) is 0 Å². The number of fused-ring (bicyclic) bond motifs is 2. The molecule has 0 fully saturated rings. The smallest absolute Gasteiger partial charge is 0.127 e. The summed E-state index contributed by atoms with van der Waals surface area (Å²) >= 11 is 0. The second-order valence-corrected chi connectivity index (χ2v) is 10.7. The molecule has 0 aliphatic carbocycles. The van der Waals surface area contributed by atoms with E-state index in [2.05, 4.69) is 97.0 Å². The van der Waals surface area contributed by atoms with Crippen molar-refractivity contribution in [2.75, 3.05) is 69.3 Å². The third-order valence-electron chi connectivity index (χ3n) is 8.74. The molecule has 0 aromatic heterocycles. The predicted octanol–water partition coefficient (Wildman–Crippen LogP) is 8.38. The van der Waals surface area contributed by atoms with Crippen molar-refractivity contribution in [1.29, 1.82) is 0 Å². The molecule has 0 bridgehead atoms. The van der Waals surface area contributed by atoms with Gasteiger partial charge in [0.15, 0.2) is 0 Å². The molecule has 0 radical (unpaired) electrons. The molecule has 0 saturated carbocycles. The highest BCUT2D eigenvalue weighted by atomic mass is 16.5. The lowest BCUT2D eigenvalue weighted by Crippen LogP contribution is -2.28. The lowest BCUT2D eigenvalue weighted by molar-refractivity contribution is 0.378. The van der Waals surface area contributed by atoms with Crippen LogP contribution in [0.5, 0.6) is 23.0 Å². The minimum Gasteiger partial charge on any atom is -0.496 e. The Morgan fingerprint density at radius 3 is 1.34 bits per heavy atom. The lowest BCUT2D eigenvalue weighted by Gasteiger charge is -2.41. The number of nitrogens with zero attached hydrogens (tertiary/aromatic N) is 3. The van der Waals surface area contributed by atoms with Gasteiger partial charge in [0.2, 0.25) is 0 Å². The van der Waals surface area contributed by atoms with E-state index in [1.807, 2.05) is 18.2 Å². The van der Waals surface area contributed by atoms with Gasteiger partial charge in [0.25, 0.3) is 0 Å². The Hall–Kier alpha value is -4.52. The molecule has 1 aliphatic rings. The van der Waals surface area contributed by atoms with Crippen LogP contribution in [0.3, 0.4) is 0 Å². The van der Waals surface area contributed by atoms with Crippen molar-refractivity contribution in [2.24, 2.45) is 0 Å². The van der Waals surface area contributed by atoms with Crippen LogP contribution in [0.4, 0.5) is 28.4 Å². The largest absolute Gasteiger partial charge is 0.496 e. The van der Waals surface area contributed by atoms with Crippen LogP contribution in [0.1, 0.15) is 50.3 Å². The van der Waals surface area contributed by atoms with Gasteiger partial charge in [-0.3, -0.25) is 0 Å². The monoisotopic (exact) mass is 595 g/mol. The van der Waals surface area contributed by atoms with Crippen molar-refractivity contribution in [2.45, 2.75) is 33.6 Å². The molecule has 7 heteroatoms. The minimum absolute atomic E-state index is 0.313. The third kappa shape index (κ3) is 5.25. The second-order valence-electron chi connectivity index (χ2n) is 10.7. The minimum atomic E-state index is -0.313. The van der Waals surface area contributed by atoms with Gasteiger partial charge in [0.05, 0.1) is 45.7 Å². The van der Waals surface area contributed by atoms with Crippen LogP contribution in [0.15, 0.2) is 72.8 Å². The Morgan fingerprint density at radius 2 is 0.955 bits per heavy atom. The molecule has 0 unspecified atom stereocenters. The van der Waals surface area contributed by atoms with Crippen molar-refractivity contribution in [3.05, 3.63) is 89.5 Å². The first kappa shape index (κ1) is 30.9. The Labute approximate surface area is 262 Å². The maximum absolute atomic E-state index is 6.28. The molecular formula is C37H45N3O4. The van der Waals surface area contributed by atoms with Crippen LogP contribution >= 0.6 is 0 Å². The maximum atomic E-state index is 6.28. The highest BCUT2D eigenvalue weighted by Gasteiger charge is 2.41. The van der Waals surface area contributed by atoms with Gasteiger partial charge in [-0.15, -0.1) is 0 Å². The molecule has 44 heavy (non-hydrogen) atoms. The van der Waals surface area contributed by atoms with E-state index in [1.165, 1.54) is 0 Å². The number of methoxy groups -OCH3 is 4. The molecule has 0 saturated heterocycles. The normalized spacial score (nSPS) is 12.3. The molecule has 4 aromatic carbocycles. The SMILES string of the molecule is CCN(CC)c1cc(OC)c2c(c1)N(c1ccccc1)c1cc(N(CC)CC)cc(OC)c1C2c1c(OC)cccc1OC. The average Bonchev–Trinajstić information content (AvgIpc) is 3.07. The van der Waals surface area contributed by atoms with Crippen molar-refractivity contribution < 1.29 is 18.9 Å². The quantitative estimate of drug-likeness (QED) is 0.144. The van der Waals surface area contributed by atoms with E-state index < -0.39 is 0 Å². The van der Waals surface area contributed by atoms with Gasteiger partial charge in [0.1, 0.15) is 23.0 Å². The summed E-state index contributed by atoms with van der Waals surface area (Å²) in [6.45, 7) is 12.3. The molecule has 1 aliphatic heterocycles. The fourth-order valence-corrected chi connectivity index (χ4v) is 6.61. The summed E-state index contributed by atoms with van der Waals surface area (Å²) in [7, 11) is 6.92. The number of hydrogen-bond donors (Lipinski definition) is 0. The topological polar surface area (TPSA) is 46.6 Å². The second kappa shape index (κ2) is 13.4. The third-order valence-corrected chi connectivity index (χ3v) is 8.74. The van der Waals surface area contributed by atoms with Gasteiger partial charge < -0.3 is 33.6 Å². The Morgan fingerprint density at radius 1 is 0.523 bits per heavy atom. The number of hydrogen-bond acceptors (Lipinski definition) is 7. The first-order chi connectivity index (χ1) is 21.5. The first-order valence-corrected chi connectivity index (χ1v) is 15.5. The standard InChI is InChI=1S/C37H45N3O4/c1-9-38(10-2)26-21-28-34(32(23-26)43-7)37(36-30(41-5)19-16-20-31(36)42-6)35-29(40(28)25-17-14-13-15-18-25)22-27(24-33(35)44-8)39(11-3)12-4/h13-24,37H,9-12H2,1-8H3. The zero-order chi connectivity index (χ0) is 31.4. The van der Waals surface area contributed by atoms with Gasteiger partial charge in [0, 0.05) is 72.1 Å². The van der Waals surface area contributed by atoms with Crippen molar-refractivity contribution in [3.63, 3.8) is 0 Å². The van der Waals surface area contributed by atoms with Gasteiger partial charge >= 0.3 is 0 Å². The zero-order valence-electron chi connectivity index (χ0n) is 27.3. The molecule has 0 atom stereocenters. The summed E-state index contributed by atoms with van der Waals surface area (Å²) in [5, 5.41) is 0. The molecule has 0 amide bonds. The predicted molar refractivity (Wildman–Crippen MR) is 182 cm³/mol. The van der Waals surface area contributed by atoms with E-state index in [4.69, 9.17) is 18.9 Å². The highest BCUT2D eigenvalue weighted by Crippen LogP contribution is 2.60. The molecular weight excluding hydrogens is 550 g/mol. The summed E-state index contributed by atoms with van der Waals surface area (Å²) < 4.78 is 24.6. The Bertz CT molecular complexity index is 1490. The molecule has 232 valence electrons. The van der Waals surface area contributed by atoms with E-state index in [-0.39, 0.29) is 5.92 Å². The van der Waals surface area contributed by atoms with Crippen LogP contribution in [0, 0.1) is 0 Å². The maximum Gasteiger partial charge on any atom is 0.127 e. The lowest BCUT2D eigenvalue weighted by atomic mass is 9.77. The van der Waals surface area contributed by atoms with Crippen LogP contribution < -0.4 is 33.6 Å². The fourth-order valence-electron chi connectivity index (χ4n) is 6.61. The van der Waals surface area contributed by atoms with E-state index in [0.717, 1.165) is 94.3 Å². The van der Waals surface area contributed by atoms with Crippen LogP contribution in [-0.2, 0) is 0 Å². The number of para-hydroxylation sites is 1. The zero-order valence-corrected chi connectivity index (χ0v) is 27.3. The summed E-state index contributed by atoms with van der Waals surface area (Å²) in [6, 6.07) is 25.4. The van der Waals surface area contributed by atoms with E-state index >= 15 is 0 Å².